The Morgan fingerprint density at radius 2 is 2.19 bits per heavy atom. The van der Waals surface area contributed by atoms with Crippen LogP contribution >= 0.6 is 11.6 Å². The number of halogens is 1. The maximum absolute atomic E-state index is 12.8. The van der Waals surface area contributed by atoms with Gasteiger partial charge < -0.3 is 14.8 Å². The van der Waals surface area contributed by atoms with Gasteiger partial charge in [-0.05, 0) is 50.2 Å². The Morgan fingerprint density at radius 3 is 2.96 bits per heavy atom. The van der Waals surface area contributed by atoms with Gasteiger partial charge in [0, 0.05) is 37.9 Å². The van der Waals surface area contributed by atoms with Crippen LogP contribution in [-0.2, 0) is 6.54 Å². The zero-order valence-electron chi connectivity index (χ0n) is 15.1. The number of hydrogen-bond acceptors (Lipinski definition) is 2. The number of carbonyl (C=O) groups is 1. The Balaban J connectivity index is 1.45. The van der Waals surface area contributed by atoms with Crippen LogP contribution in [0.4, 0.5) is 10.5 Å². The van der Waals surface area contributed by atoms with Gasteiger partial charge in [0.15, 0.2) is 0 Å². The number of nitrogens with zero attached hydrogens (tertiary/aromatic N) is 3. The van der Waals surface area contributed by atoms with Crippen molar-refractivity contribution in [3.63, 3.8) is 0 Å². The van der Waals surface area contributed by atoms with E-state index in [-0.39, 0.29) is 6.03 Å². The minimum atomic E-state index is -0.0776. The molecule has 138 valence electrons. The highest BCUT2D eigenvalue weighted by molar-refractivity contribution is 6.33. The van der Waals surface area contributed by atoms with Gasteiger partial charge in [-0.2, -0.15) is 0 Å². The number of hydrogen-bond donors (Lipinski definition) is 1. The second kappa shape index (κ2) is 7.31. The lowest BCUT2D eigenvalue weighted by Crippen LogP contribution is -2.42. The summed E-state index contributed by atoms with van der Waals surface area (Å²) in [6.07, 6.45) is 8.71. The summed E-state index contributed by atoms with van der Waals surface area (Å²) in [6.45, 7) is 4.50. The maximum Gasteiger partial charge on any atom is 0.321 e. The first-order valence-electron chi connectivity index (χ1n) is 9.44. The van der Waals surface area contributed by atoms with Gasteiger partial charge in [-0.15, -0.1) is 0 Å². The van der Waals surface area contributed by atoms with E-state index in [4.69, 9.17) is 11.6 Å². The molecule has 0 bridgehead atoms. The zero-order valence-corrected chi connectivity index (χ0v) is 15.9. The summed E-state index contributed by atoms with van der Waals surface area (Å²) < 4.78 is 2.29. The van der Waals surface area contributed by atoms with Crippen LogP contribution in [0.3, 0.4) is 0 Å². The van der Waals surface area contributed by atoms with E-state index in [1.807, 2.05) is 30.2 Å². The van der Waals surface area contributed by atoms with Crippen molar-refractivity contribution in [2.75, 3.05) is 18.4 Å². The third kappa shape index (κ3) is 3.73. The molecule has 0 unspecified atom stereocenters. The predicted octanol–water partition coefficient (Wildman–Crippen LogP) is 4.67. The van der Waals surface area contributed by atoms with Crippen molar-refractivity contribution in [1.29, 1.82) is 0 Å². The number of carbonyl (C=O) groups excluding carboxylic acids is 1. The van der Waals surface area contributed by atoms with Crippen LogP contribution in [0.15, 0.2) is 30.6 Å². The Labute approximate surface area is 159 Å². The normalized spacial score (nSPS) is 20.2. The number of nitrogens with one attached hydrogen (secondary N) is 1. The van der Waals surface area contributed by atoms with E-state index in [2.05, 4.69) is 21.1 Å². The maximum atomic E-state index is 12.8. The molecule has 0 radical (unpaired) electrons. The second-order valence-electron chi connectivity index (χ2n) is 7.53. The van der Waals surface area contributed by atoms with Crippen molar-refractivity contribution < 1.29 is 4.79 Å². The van der Waals surface area contributed by atoms with E-state index in [0.717, 1.165) is 43.2 Å². The van der Waals surface area contributed by atoms with Crippen LogP contribution in [0.25, 0.3) is 0 Å². The van der Waals surface area contributed by atoms with Crippen molar-refractivity contribution in [3.8, 4) is 0 Å². The van der Waals surface area contributed by atoms with Crippen LogP contribution in [0.5, 0.6) is 0 Å². The highest BCUT2D eigenvalue weighted by Crippen LogP contribution is 2.33. The molecule has 1 aromatic carbocycles. The van der Waals surface area contributed by atoms with E-state index in [1.54, 1.807) is 6.07 Å². The third-order valence-corrected chi connectivity index (χ3v) is 5.74. The molecule has 26 heavy (non-hydrogen) atoms. The summed E-state index contributed by atoms with van der Waals surface area (Å²) in [5.41, 5.74) is 1.68. The van der Waals surface area contributed by atoms with Crippen molar-refractivity contribution in [3.05, 3.63) is 47.0 Å². The molecule has 1 aliphatic carbocycles. The molecular formula is C20H25ClN4O. The molecule has 6 heteroatoms. The molecule has 2 amide bonds. The minimum Gasteiger partial charge on any atom is -0.334 e. The average molecular weight is 373 g/mol. The van der Waals surface area contributed by atoms with Gasteiger partial charge >= 0.3 is 6.03 Å². The molecule has 1 aromatic heterocycles. The van der Waals surface area contributed by atoms with Crippen LogP contribution in [0, 0.1) is 12.8 Å². The molecule has 2 heterocycles. The Kier molecular flexibility index (Phi) is 4.90. The summed E-state index contributed by atoms with van der Waals surface area (Å²) in [7, 11) is 0. The Bertz CT molecular complexity index is 779. The minimum absolute atomic E-state index is 0.0776. The lowest BCUT2D eigenvalue weighted by molar-refractivity contribution is 0.190. The average Bonchev–Trinajstić information content (AvgIpc) is 3.33. The number of aromatic nitrogens is 2. The first-order valence-corrected chi connectivity index (χ1v) is 9.81. The number of likely N-dealkylation sites (tertiary alicyclic amines) is 1. The van der Waals surface area contributed by atoms with Crippen molar-refractivity contribution in [2.45, 2.75) is 45.1 Å². The summed E-state index contributed by atoms with van der Waals surface area (Å²) >= 11 is 6.25. The quantitative estimate of drug-likeness (QED) is 0.848. The van der Waals surface area contributed by atoms with Crippen LogP contribution in [0.1, 0.15) is 43.0 Å². The monoisotopic (exact) mass is 372 g/mol. The summed E-state index contributed by atoms with van der Waals surface area (Å²) in [5, 5.41) is 3.57. The standard InChI is InChI=1S/C20H25ClN4O/c1-14-4-2-6-17(21)18(14)23-20(26)25-10-3-5-16(13-25)19-22-9-11-24(19)12-15-7-8-15/h2,4,6,9,11,15-16H,3,5,7-8,10,12-13H2,1H3,(H,23,26)/t16-/m0/s1. The number of anilines is 1. The fraction of sp³-hybridized carbons (Fsp3) is 0.500. The van der Waals surface area contributed by atoms with Gasteiger partial charge in [0.1, 0.15) is 5.82 Å². The van der Waals surface area contributed by atoms with E-state index < -0.39 is 0 Å². The molecule has 1 saturated heterocycles. The number of rotatable bonds is 4. The lowest BCUT2D eigenvalue weighted by atomic mass is 9.97. The molecule has 1 aliphatic heterocycles. The van der Waals surface area contributed by atoms with Crippen molar-refractivity contribution in [2.24, 2.45) is 5.92 Å². The van der Waals surface area contributed by atoms with Crippen molar-refractivity contribution >= 4 is 23.3 Å². The Morgan fingerprint density at radius 1 is 1.35 bits per heavy atom. The first kappa shape index (κ1) is 17.4. The van der Waals surface area contributed by atoms with Gasteiger partial charge in [0.05, 0.1) is 10.7 Å². The molecule has 1 atom stereocenters. The van der Waals surface area contributed by atoms with E-state index >= 15 is 0 Å². The van der Waals surface area contributed by atoms with Gasteiger partial charge in [0.2, 0.25) is 0 Å². The SMILES string of the molecule is Cc1cccc(Cl)c1NC(=O)N1CCC[C@H](c2nccn2CC2CC2)C1. The largest absolute Gasteiger partial charge is 0.334 e. The van der Waals surface area contributed by atoms with Gasteiger partial charge in [0.25, 0.3) is 0 Å². The van der Waals surface area contributed by atoms with E-state index in [1.165, 1.54) is 12.8 Å². The number of amides is 2. The highest BCUT2D eigenvalue weighted by Gasteiger charge is 2.29. The Hall–Kier alpha value is -2.01. The number of urea groups is 1. The van der Waals surface area contributed by atoms with Crippen LogP contribution < -0.4 is 5.32 Å². The third-order valence-electron chi connectivity index (χ3n) is 5.43. The lowest BCUT2D eigenvalue weighted by Gasteiger charge is -2.33. The fourth-order valence-electron chi connectivity index (χ4n) is 3.76. The molecule has 0 spiro atoms. The van der Waals surface area contributed by atoms with Gasteiger partial charge in [-0.3, -0.25) is 0 Å². The highest BCUT2D eigenvalue weighted by atomic mass is 35.5. The van der Waals surface area contributed by atoms with Gasteiger partial charge in [-0.1, -0.05) is 23.7 Å². The zero-order chi connectivity index (χ0) is 18.1. The number of aryl methyl sites for hydroxylation is 1. The van der Waals surface area contributed by atoms with Crippen LogP contribution in [0.2, 0.25) is 5.02 Å². The second-order valence-corrected chi connectivity index (χ2v) is 7.94. The van der Waals surface area contributed by atoms with Crippen molar-refractivity contribution in [1.82, 2.24) is 14.5 Å². The summed E-state index contributed by atoms with van der Waals surface area (Å²) in [5.74, 6) is 2.24. The molecule has 2 aromatic rings. The number of benzene rings is 1. The molecule has 1 saturated carbocycles. The predicted molar refractivity (Wildman–Crippen MR) is 104 cm³/mol. The molecule has 4 rings (SSSR count). The number of para-hydroxylation sites is 1. The van der Waals surface area contributed by atoms with Gasteiger partial charge in [-0.25, -0.2) is 9.78 Å². The molecule has 1 N–H and O–H groups in total. The van der Waals surface area contributed by atoms with E-state index in [9.17, 15) is 4.79 Å². The number of imidazole rings is 1. The molecule has 2 aliphatic rings. The summed E-state index contributed by atoms with van der Waals surface area (Å²) in [6, 6.07) is 5.57. The fourth-order valence-corrected chi connectivity index (χ4v) is 4.03. The summed E-state index contributed by atoms with van der Waals surface area (Å²) in [4.78, 5) is 19.3. The van der Waals surface area contributed by atoms with Crippen LogP contribution in [-0.4, -0.2) is 33.6 Å². The topological polar surface area (TPSA) is 50.2 Å². The molecule has 2 fully saturated rings. The molecule has 5 nitrogen and oxygen atoms in total. The molecular weight excluding hydrogens is 348 g/mol. The number of piperidine rings is 1. The van der Waals surface area contributed by atoms with E-state index in [0.29, 0.717) is 23.2 Å². The smallest absolute Gasteiger partial charge is 0.321 e. The first-order chi connectivity index (χ1) is 12.6.